The smallest absolute Gasteiger partial charge is 0.311 e. The molecule has 3 aliphatic heterocycles. The van der Waals surface area contributed by atoms with Crippen molar-refractivity contribution in [2.45, 2.75) is 486 Å². The number of rotatable bonds is 27. The molecule has 6 aromatic rings. The molecular formula is C123H201N9O15. The van der Waals surface area contributed by atoms with Crippen molar-refractivity contribution in [2.75, 3.05) is 31.7 Å². The molecule has 147 heavy (non-hydrogen) atoms. The Balaban J connectivity index is 0.000000445. The van der Waals surface area contributed by atoms with E-state index in [0.29, 0.717) is 89.6 Å². The van der Waals surface area contributed by atoms with Gasteiger partial charge in [0.25, 0.3) is 0 Å². The van der Waals surface area contributed by atoms with E-state index in [1.807, 2.05) is 190 Å². The van der Waals surface area contributed by atoms with E-state index in [1.54, 1.807) is 48.5 Å². The van der Waals surface area contributed by atoms with Gasteiger partial charge in [-0.1, -0.05) is 206 Å². The van der Waals surface area contributed by atoms with Gasteiger partial charge in [-0.25, -0.2) is 0 Å². The van der Waals surface area contributed by atoms with Crippen LogP contribution >= 0.6 is 0 Å². The van der Waals surface area contributed by atoms with Gasteiger partial charge in [-0.15, -0.1) is 20.5 Å². The van der Waals surface area contributed by atoms with Crippen LogP contribution in [0.3, 0.4) is 0 Å². The molecule has 0 spiro atoms. The number of hydrogen-bond acceptors (Lipinski definition) is 24. The summed E-state index contributed by atoms with van der Waals surface area (Å²) < 4.78 is 28.0. The van der Waals surface area contributed by atoms with Crippen LogP contribution in [0.25, 0.3) is 0 Å². The molecule has 2 atom stereocenters. The lowest BCUT2D eigenvalue weighted by Gasteiger charge is -2.53. The summed E-state index contributed by atoms with van der Waals surface area (Å²) >= 11 is 0. The summed E-state index contributed by atoms with van der Waals surface area (Å²) in [4.78, 5) is 63.2. The van der Waals surface area contributed by atoms with Crippen LogP contribution in [-0.2, 0) is 82.2 Å². The molecule has 10 N–H and O–H groups in total. The predicted octanol–water partition coefficient (Wildman–Crippen LogP) is 31.4. The maximum atomic E-state index is 12.2. The monoisotopic (exact) mass is 2040 g/mol. The number of piperidine rings is 3. The second kappa shape index (κ2) is 53.0. The minimum atomic E-state index is -0.499. The zero-order valence-corrected chi connectivity index (χ0v) is 99.9. The second-order valence-electron chi connectivity index (χ2n) is 52.4. The van der Waals surface area contributed by atoms with Gasteiger partial charge >= 0.3 is 29.8 Å². The zero-order chi connectivity index (χ0) is 114. The number of anilines is 2. The average Bonchev–Trinajstić information content (AvgIpc) is 0.774. The molecule has 0 aromatic heterocycles. The SMILES string of the molecule is CCC(C)(C)C(=O)OC1CC(C)(C)N(C)C(C)(C)C1.CCC(C)(C)C(=O)OC1CC(C)(C)N(O)C(C)(C)C1.CCC(C)(C)C(=O)OC1CC(C)(C)NC(C)(C)C1.CCC(C)(C)C(=O)OCCc1cc(N=Nc2ccccc2N)c(O)c(C(C)(C)C)c1.CCC(C)(C)C(=O)OCCc1ccc(O)c(N=Nc2ccccc2N)c1.CCC(C)c1cc(C(C)(C)C)c(O)c(C(C)(C)C)c1.CCC(C)c1cc(C)c(O)c(C(C)(C)C)c1. The number of carbonyl (C=O) groups is 5. The average molecular weight is 2050 g/mol. The molecule has 0 radical (unpaired) electrons. The Kier molecular flexibility index (Phi) is 47.5. The number of aryl methyl sites for hydroxylation is 1. The highest BCUT2D eigenvalue weighted by Crippen LogP contribution is 2.47. The van der Waals surface area contributed by atoms with Crippen LogP contribution in [0.1, 0.15) is 443 Å². The first-order valence-electron chi connectivity index (χ1n) is 53.8. The molecule has 828 valence electrons. The number of hydroxylamine groups is 2. The first-order chi connectivity index (χ1) is 66.8. The van der Waals surface area contributed by atoms with E-state index in [4.69, 9.17) is 35.2 Å². The second-order valence-corrected chi connectivity index (χ2v) is 52.4. The van der Waals surface area contributed by atoms with Gasteiger partial charge in [0.15, 0.2) is 0 Å². The van der Waals surface area contributed by atoms with E-state index in [0.717, 1.165) is 103 Å². The highest BCUT2D eigenvalue weighted by Gasteiger charge is 2.49. The van der Waals surface area contributed by atoms with Gasteiger partial charge in [-0.3, -0.25) is 28.9 Å². The Morgan fingerprint density at radius 1 is 0.381 bits per heavy atom. The number of para-hydroxylation sites is 2. The number of ether oxygens (including phenoxy) is 5. The van der Waals surface area contributed by atoms with Crippen LogP contribution in [0.4, 0.5) is 34.1 Å². The number of aromatic hydroxyl groups is 4. The van der Waals surface area contributed by atoms with Crippen LogP contribution in [0.5, 0.6) is 23.0 Å². The third kappa shape index (κ3) is 40.0. The fourth-order valence-corrected chi connectivity index (χ4v) is 17.4. The molecule has 24 nitrogen and oxygen atoms in total. The minimum absolute atomic E-state index is 0.00167. The lowest BCUT2D eigenvalue weighted by Crippen LogP contribution is -2.61. The number of hydrogen-bond donors (Lipinski definition) is 8. The molecular weight excluding hydrogens is 1840 g/mol. The van der Waals surface area contributed by atoms with Crippen molar-refractivity contribution in [3.8, 4) is 23.0 Å². The molecule has 24 heteroatoms. The Bertz CT molecular complexity index is 5180. The van der Waals surface area contributed by atoms with Crippen LogP contribution in [0.2, 0.25) is 0 Å². The maximum absolute atomic E-state index is 12.2. The standard InChI is InChI=1S/C24H33N3O3.C20H25N3O3.C18H30O.C16H31NO2.C15H29NO3.C15H29NO2.C15H24O/c1-7-24(5,6)22(29)30-13-12-16-14-17(23(2,3)4)21(28)20(15-16)27-26-19-11-9-8-10-18(19)25;1-4-20(2,3)19(25)26-12-11-14-9-10-18(24)17(13-14)23-22-16-8-6-5-7-15(16)21;1-9-12(2)13-10-14(17(3,4)5)16(19)15(11-13)18(6,7)8;1-9-14(2,3)13(18)19-12-10-15(4,5)17(8)16(6,7)11-12;1-8-13(2,3)12(17)19-11-9-14(4,5)16(18)15(6,7)10-11;1-8-13(2,3)12(17)18-11-9-14(4,5)16-15(6,7)10-11;1-7-10(2)12-8-11(3)14(16)13(9-12)15(4,5)6/h8-11,14-15,28H,7,12-13,25H2,1-6H3;5-10,13,24H,4,11-12,21H2,1-3H3;10-12,19H,9H2,1-8H3;12H,9-11H2,1-8H3;11,18H,8-10H2,1-7H3;11,16H,8-10H2,1-7H3;8-10,16H,7H2,1-6H3. The molecule has 2 unspecified atom stereocenters. The van der Waals surface area contributed by atoms with Crippen molar-refractivity contribution in [1.82, 2.24) is 15.3 Å². The fraction of sp³-hybridized carbons (Fsp3) is 0.667. The summed E-state index contributed by atoms with van der Waals surface area (Å²) in [6, 6.07) is 31.7. The number of benzene rings is 6. The molecule has 0 aliphatic carbocycles. The highest BCUT2D eigenvalue weighted by molar-refractivity contribution is 5.78. The summed E-state index contributed by atoms with van der Waals surface area (Å²) in [5.41, 5.74) is 20.8. The van der Waals surface area contributed by atoms with E-state index in [9.17, 15) is 49.6 Å². The van der Waals surface area contributed by atoms with Crippen molar-refractivity contribution >= 4 is 64.0 Å². The Labute approximate surface area is 888 Å². The van der Waals surface area contributed by atoms with E-state index in [2.05, 4.69) is 207 Å². The van der Waals surface area contributed by atoms with Gasteiger partial charge in [0.1, 0.15) is 64.1 Å². The number of phenolic OH excluding ortho intramolecular Hbond substituents is 4. The summed E-state index contributed by atoms with van der Waals surface area (Å²) in [5.74, 6) is 1.45. The number of esters is 5. The van der Waals surface area contributed by atoms with Gasteiger partial charge in [0.05, 0.1) is 51.7 Å². The van der Waals surface area contributed by atoms with Crippen LogP contribution in [-0.4, -0.2) is 137 Å². The first-order valence-corrected chi connectivity index (χ1v) is 53.8. The maximum Gasteiger partial charge on any atom is 0.311 e. The number of nitrogen functional groups attached to an aromatic ring is 2. The van der Waals surface area contributed by atoms with Crippen molar-refractivity contribution in [3.05, 3.63) is 153 Å². The normalized spacial score (nSPS) is 17.1. The largest absolute Gasteiger partial charge is 0.507 e. The van der Waals surface area contributed by atoms with Crippen molar-refractivity contribution in [1.29, 1.82) is 0 Å². The molecule has 0 saturated carbocycles. The molecule has 0 bridgehead atoms. The number of carbonyl (C=O) groups excluding carboxylic acids is 5. The third-order valence-electron chi connectivity index (χ3n) is 29.9. The molecule has 3 heterocycles. The predicted molar refractivity (Wildman–Crippen MR) is 605 cm³/mol. The minimum Gasteiger partial charge on any atom is -0.507 e. The van der Waals surface area contributed by atoms with E-state index in [1.165, 1.54) is 16.2 Å². The lowest BCUT2D eigenvalue weighted by molar-refractivity contribution is -0.260. The third-order valence-corrected chi connectivity index (χ3v) is 29.9. The summed E-state index contributed by atoms with van der Waals surface area (Å²) in [6.07, 6.45) is 11.9. The zero-order valence-electron chi connectivity index (χ0n) is 99.9. The van der Waals surface area contributed by atoms with E-state index >= 15 is 0 Å². The summed E-state index contributed by atoms with van der Waals surface area (Å²) in [6.45, 7) is 91.4. The van der Waals surface area contributed by atoms with E-state index in [-0.39, 0.29) is 139 Å². The number of azo groups is 2. The molecule has 3 saturated heterocycles. The van der Waals surface area contributed by atoms with Gasteiger partial charge in [0, 0.05) is 90.2 Å². The Morgan fingerprint density at radius 3 is 1.01 bits per heavy atom. The number of nitrogens with two attached hydrogens (primary N) is 2. The highest BCUT2D eigenvalue weighted by atomic mass is 16.6. The van der Waals surface area contributed by atoms with Gasteiger partial charge in [-0.2, -0.15) is 5.06 Å². The van der Waals surface area contributed by atoms with Crippen molar-refractivity contribution < 1.29 is 73.3 Å². The van der Waals surface area contributed by atoms with Gasteiger partial charge in [-0.05, 0) is 332 Å². The van der Waals surface area contributed by atoms with Crippen molar-refractivity contribution in [2.24, 2.45) is 47.5 Å². The van der Waals surface area contributed by atoms with Crippen LogP contribution in [0, 0.1) is 34.0 Å². The molecule has 0 amide bonds. The molecule has 9 rings (SSSR count). The van der Waals surface area contributed by atoms with E-state index < -0.39 is 16.2 Å². The van der Waals surface area contributed by atoms with Crippen molar-refractivity contribution in [3.63, 3.8) is 0 Å². The molecule has 6 aromatic carbocycles. The lowest BCUT2D eigenvalue weighted by atomic mass is 9.77. The number of likely N-dealkylation sites (tertiary alicyclic amines) is 1. The first kappa shape index (κ1) is 132. The fourth-order valence-electron chi connectivity index (χ4n) is 17.4. The Hall–Kier alpha value is -9.49. The summed E-state index contributed by atoms with van der Waals surface area (Å²) in [7, 11) is 2.16. The summed E-state index contributed by atoms with van der Waals surface area (Å²) in [5, 5.41) is 73.3. The number of nitrogens with zero attached hydrogens (tertiary/aromatic N) is 6. The topological polar surface area (TPSA) is 353 Å². The quantitative estimate of drug-likeness (QED) is 0.0103. The Morgan fingerprint density at radius 2 is 0.673 bits per heavy atom. The van der Waals surface area contributed by atoms with Crippen LogP contribution in [0.15, 0.2) is 124 Å². The molecule has 3 aliphatic rings. The molecule has 3 fully saturated rings. The number of phenols is 4. The van der Waals surface area contributed by atoms with Gasteiger partial charge in [0.2, 0.25) is 0 Å². The van der Waals surface area contributed by atoms with Gasteiger partial charge < -0.3 is 66.1 Å². The van der Waals surface area contributed by atoms with Crippen LogP contribution < -0.4 is 16.8 Å². The number of nitrogens with one attached hydrogen (secondary N) is 1.